The highest BCUT2D eigenvalue weighted by Gasteiger charge is 2.57. The standard InChI is InChI=1S/C18H23N3/c1-2-21-13-14(11-20-21)10-19-12-16-9-18(16)8-7-15-5-3-4-6-17(15)18/h3-6,11,13,16,19H,2,7-10,12H2,1H3. The molecule has 2 aromatic rings. The smallest absolute Gasteiger partial charge is 0.0534 e. The first-order chi connectivity index (χ1) is 10.3. The van der Waals surface area contributed by atoms with Crippen molar-refractivity contribution in [3.8, 4) is 0 Å². The highest BCUT2D eigenvalue weighted by molar-refractivity contribution is 5.45. The quantitative estimate of drug-likeness (QED) is 0.913. The van der Waals surface area contributed by atoms with E-state index >= 15 is 0 Å². The van der Waals surface area contributed by atoms with Crippen LogP contribution in [-0.4, -0.2) is 16.3 Å². The minimum absolute atomic E-state index is 0.511. The van der Waals surface area contributed by atoms with E-state index in [9.17, 15) is 0 Å². The maximum Gasteiger partial charge on any atom is 0.0534 e. The SMILES string of the molecule is CCn1cc(CNCC2CC23CCc2ccccc23)cn1. The molecule has 2 aliphatic rings. The number of fused-ring (bicyclic) bond motifs is 2. The molecule has 3 nitrogen and oxygen atoms in total. The van der Waals surface area contributed by atoms with Crippen LogP contribution in [-0.2, 0) is 24.9 Å². The molecule has 1 aromatic carbocycles. The Bertz CT molecular complexity index is 645. The molecular weight excluding hydrogens is 258 g/mol. The summed E-state index contributed by atoms with van der Waals surface area (Å²) in [6.07, 6.45) is 8.11. The molecular formula is C18H23N3. The molecule has 0 saturated heterocycles. The van der Waals surface area contributed by atoms with Crippen molar-refractivity contribution in [2.75, 3.05) is 6.54 Å². The van der Waals surface area contributed by atoms with Gasteiger partial charge >= 0.3 is 0 Å². The summed E-state index contributed by atoms with van der Waals surface area (Å²) in [7, 11) is 0. The van der Waals surface area contributed by atoms with Crippen LogP contribution < -0.4 is 5.32 Å². The lowest BCUT2D eigenvalue weighted by atomic mass is 9.95. The summed E-state index contributed by atoms with van der Waals surface area (Å²) in [5.41, 5.74) is 5.02. The number of rotatable bonds is 5. The van der Waals surface area contributed by atoms with Crippen molar-refractivity contribution in [1.82, 2.24) is 15.1 Å². The number of benzene rings is 1. The summed E-state index contributed by atoms with van der Waals surface area (Å²) in [4.78, 5) is 0. The minimum Gasteiger partial charge on any atom is -0.312 e. The second kappa shape index (κ2) is 4.99. The van der Waals surface area contributed by atoms with Crippen LogP contribution in [0.2, 0.25) is 0 Å². The summed E-state index contributed by atoms with van der Waals surface area (Å²) in [5, 5.41) is 7.96. The van der Waals surface area contributed by atoms with E-state index in [0.29, 0.717) is 5.41 Å². The monoisotopic (exact) mass is 281 g/mol. The van der Waals surface area contributed by atoms with Crippen LogP contribution in [0.4, 0.5) is 0 Å². The van der Waals surface area contributed by atoms with Gasteiger partial charge in [-0.05, 0) is 49.8 Å². The third kappa shape index (κ3) is 2.20. The Morgan fingerprint density at radius 2 is 2.29 bits per heavy atom. The highest BCUT2D eigenvalue weighted by Crippen LogP contribution is 2.61. The van der Waals surface area contributed by atoms with Crippen LogP contribution in [0.1, 0.15) is 36.5 Å². The fourth-order valence-corrected chi connectivity index (χ4v) is 4.06. The predicted molar refractivity (Wildman–Crippen MR) is 84.2 cm³/mol. The van der Waals surface area contributed by atoms with E-state index in [1.165, 1.54) is 24.8 Å². The van der Waals surface area contributed by atoms with Crippen LogP contribution in [0.3, 0.4) is 0 Å². The Morgan fingerprint density at radius 3 is 3.14 bits per heavy atom. The van der Waals surface area contributed by atoms with E-state index < -0.39 is 0 Å². The molecule has 3 heteroatoms. The molecule has 1 N–H and O–H groups in total. The number of nitrogens with one attached hydrogen (secondary N) is 1. The first-order valence-electron chi connectivity index (χ1n) is 8.12. The molecule has 0 radical (unpaired) electrons. The van der Waals surface area contributed by atoms with Crippen LogP contribution in [0, 0.1) is 5.92 Å². The molecule has 1 fully saturated rings. The van der Waals surface area contributed by atoms with Crippen molar-refractivity contribution in [3.63, 3.8) is 0 Å². The molecule has 0 bridgehead atoms. The first-order valence-corrected chi connectivity index (χ1v) is 8.12. The zero-order chi connectivity index (χ0) is 14.3. The van der Waals surface area contributed by atoms with Gasteiger partial charge in [-0.3, -0.25) is 4.68 Å². The fourth-order valence-electron chi connectivity index (χ4n) is 4.06. The number of nitrogens with zero attached hydrogens (tertiary/aromatic N) is 2. The Hall–Kier alpha value is -1.61. The van der Waals surface area contributed by atoms with Gasteiger partial charge in [-0.15, -0.1) is 0 Å². The molecule has 0 aliphatic heterocycles. The minimum atomic E-state index is 0.511. The van der Waals surface area contributed by atoms with Gasteiger partial charge in [0.2, 0.25) is 0 Å². The average molecular weight is 281 g/mol. The zero-order valence-corrected chi connectivity index (χ0v) is 12.7. The Kier molecular flexibility index (Phi) is 3.11. The molecule has 1 saturated carbocycles. The van der Waals surface area contributed by atoms with Gasteiger partial charge in [0.15, 0.2) is 0 Å². The number of aromatic nitrogens is 2. The number of hydrogen-bond donors (Lipinski definition) is 1. The van der Waals surface area contributed by atoms with Crippen LogP contribution in [0.25, 0.3) is 0 Å². The maximum atomic E-state index is 4.33. The largest absolute Gasteiger partial charge is 0.312 e. The van der Waals surface area contributed by atoms with Gasteiger partial charge in [0.05, 0.1) is 6.20 Å². The van der Waals surface area contributed by atoms with Crippen molar-refractivity contribution < 1.29 is 0 Å². The summed E-state index contributed by atoms with van der Waals surface area (Å²) < 4.78 is 1.99. The first kappa shape index (κ1) is 13.1. The maximum absolute atomic E-state index is 4.33. The normalized spacial score (nSPS) is 26.2. The molecule has 110 valence electrons. The predicted octanol–water partition coefficient (Wildman–Crippen LogP) is 2.90. The molecule has 1 heterocycles. The lowest BCUT2D eigenvalue weighted by Crippen LogP contribution is -2.20. The fraction of sp³-hybridized carbons (Fsp3) is 0.500. The zero-order valence-electron chi connectivity index (χ0n) is 12.7. The Labute approximate surface area is 126 Å². The third-order valence-corrected chi connectivity index (χ3v) is 5.36. The van der Waals surface area contributed by atoms with Gasteiger partial charge in [-0.1, -0.05) is 24.3 Å². The van der Waals surface area contributed by atoms with E-state index in [1.807, 2.05) is 10.9 Å². The molecule has 21 heavy (non-hydrogen) atoms. The summed E-state index contributed by atoms with van der Waals surface area (Å²) >= 11 is 0. The summed E-state index contributed by atoms with van der Waals surface area (Å²) in [5.74, 6) is 0.822. The second-order valence-corrected chi connectivity index (χ2v) is 6.55. The highest BCUT2D eigenvalue weighted by atomic mass is 15.3. The third-order valence-electron chi connectivity index (χ3n) is 5.36. The molecule has 4 rings (SSSR count). The molecule has 2 unspecified atom stereocenters. The van der Waals surface area contributed by atoms with E-state index in [2.05, 4.69) is 47.8 Å². The van der Waals surface area contributed by atoms with Crippen LogP contribution in [0.5, 0.6) is 0 Å². The van der Waals surface area contributed by atoms with E-state index in [4.69, 9.17) is 0 Å². The Morgan fingerprint density at radius 1 is 1.38 bits per heavy atom. The molecule has 2 aliphatic carbocycles. The van der Waals surface area contributed by atoms with Crippen LogP contribution in [0.15, 0.2) is 36.7 Å². The number of hydrogen-bond acceptors (Lipinski definition) is 2. The van der Waals surface area contributed by atoms with Crippen molar-refractivity contribution >= 4 is 0 Å². The summed E-state index contributed by atoms with van der Waals surface area (Å²) in [6.45, 7) is 5.14. The number of aryl methyl sites for hydroxylation is 2. The molecule has 0 amide bonds. The van der Waals surface area contributed by atoms with Crippen molar-refractivity contribution in [2.45, 2.75) is 44.7 Å². The van der Waals surface area contributed by atoms with Gasteiger partial charge in [-0.25, -0.2) is 0 Å². The molecule has 1 spiro atoms. The second-order valence-electron chi connectivity index (χ2n) is 6.55. The van der Waals surface area contributed by atoms with E-state index in [-0.39, 0.29) is 0 Å². The van der Waals surface area contributed by atoms with Gasteiger partial charge in [0.1, 0.15) is 0 Å². The lowest BCUT2D eigenvalue weighted by Gasteiger charge is -2.11. The Balaban J connectivity index is 1.34. The van der Waals surface area contributed by atoms with E-state index in [1.54, 1.807) is 11.1 Å². The van der Waals surface area contributed by atoms with Crippen LogP contribution >= 0.6 is 0 Å². The summed E-state index contributed by atoms with van der Waals surface area (Å²) in [6, 6.07) is 9.05. The van der Waals surface area contributed by atoms with Crippen molar-refractivity contribution in [2.24, 2.45) is 5.92 Å². The average Bonchev–Trinajstić information content (AvgIpc) is 2.85. The molecule has 1 aromatic heterocycles. The van der Waals surface area contributed by atoms with Crippen molar-refractivity contribution in [3.05, 3.63) is 53.3 Å². The van der Waals surface area contributed by atoms with Gasteiger partial charge in [0, 0.05) is 30.3 Å². The van der Waals surface area contributed by atoms with E-state index in [0.717, 1.165) is 25.6 Å². The van der Waals surface area contributed by atoms with Gasteiger partial charge < -0.3 is 5.32 Å². The van der Waals surface area contributed by atoms with Gasteiger partial charge in [-0.2, -0.15) is 5.10 Å². The lowest BCUT2D eigenvalue weighted by molar-refractivity contribution is 0.547. The topological polar surface area (TPSA) is 29.9 Å². The molecule has 2 atom stereocenters. The van der Waals surface area contributed by atoms with Crippen molar-refractivity contribution in [1.29, 1.82) is 0 Å². The van der Waals surface area contributed by atoms with Gasteiger partial charge in [0.25, 0.3) is 0 Å².